The number of benzene rings is 3. The molecule has 2 amide bonds. The van der Waals surface area contributed by atoms with E-state index in [2.05, 4.69) is 5.32 Å². The van der Waals surface area contributed by atoms with Crippen LogP contribution in [0.2, 0.25) is 0 Å². The number of hydrogen-bond acceptors (Lipinski definition) is 4. The summed E-state index contributed by atoms with van der Waals surface area (Å²) in [6.07, 6.45) is -0.754. The van der Waals surface area contributed by atoms with Gasteiger partial charge in [0, 0.05) is 10.5 Å². The van der Waals surface area contributed by atoms with Gasteiger partial charge in [-0.25, -0.2) is 9.18 Å². The number of nitrogens with zero attached hydrogens (tertiary/aromatic N) is 1. The first-order valence-electron chi connectivity index (χ1n) is 10.6. The van der Waals surface area contributed by atoms with E-state index >= 15 is 0 Å². The van der Waals surface area contributed by atoms with Crippen LogP contribution in [-0.4, -0.2) is 17.6 Å². The van der Waals surface area contributed by atoms with E-state index in [0.717, 1.165) is 22.2 Å². The summed E-state index contributed by atoms with van der Waals surface area (Å²) in [6.45, 7) is 5.52. The zero-order valence-electron chi connectivity index (χ0n) is 18.7. The lowest BCUT2D eigenvalue weighted by Gasteiger charge is -2.31. The number of thioether (sulfide) groups is 1. The molecule has 3 aromatic carbocycles. The number of carbonyl (C=O) groups is 2. The molecule has 0 spiro atoms. The summed E-state index contributed by atoms with van der Waals surface area (Å²) in [4.78, 5) is 27.7. The van der Waals surface area contributed by atoms with Crippen molar-refractivity contribution in [3.63, 3.8) is 0 Å². The number of rotatable bonds is 5. The molecule has 7 heteroatoms. The van der Waals surface area contributed by atoms with Crippen LogP contribution in [0, 0.1) is 5.82 Å². The number of halogens is 1. The minimum atomic E-state index is -1.59. The second kappa shape index (κ2) is 8.90. The SMILES string of the molecule is CC(C)(C)OC(=O)N[C@]1(Sc2ccccc2)C(=O)N(Cc2ccccc2)c2ccc(F)cc21. The van der Waals surface area contributed by atoms with Crippen LogP contribution in [0.1, 0.15) is 31.9 Å². The van der Waals surface area contributed by atoms with Crippen LogP contribution in [0.15, 0.2) is 83.8 Å². The zero-order chi connectivity index (χ0) is 23.6. The number of anilines is 1. The first-order chi connectivity index (χ1) is 15.7. The number of ether oxygens (including phenoxy) is 1. The molecule has 170 valence electrons. The molecule has 0 bridgehead atoms. The molecule has 5 nitrogen and oxygen atoms in total. The van der Waals surface area contributed by atoms with Crippen LogP contribution in [-0.2, 0) is 20.9 Å². The van der Waals surface area contributed by atoms with Gasteiger partial charge < -0.3 is 9.64 Å². The highest BCUT2D eigenvalue weighted by Gasteiger charge is 2.54. The van der Waals surface area contributed by atoms with Crippen LogP contribution < -0.4 is 10.2 Å². The van der Waals surface area contributed by atoms with E-state index in [-0.39, 0.29) is 12.5 Å². The molecule has 0 unspecified atom stereocenters. The van der Waals surface area contributed by atoms with Crippen molar-refractivity contribution in [1.82, 2.24) is 5.32 Å². The molecule has 0 saturated heterocycles. The average molecular weight is 465 g/mol. The maximum atomic E-state index is 14.5. The topological polar surface area (TPSA) is 58.6 Å². The Labute approximate surface area is 196 Å². The van der Waals surface area contributed by atoms with Crippen LogP contribution in [0.5, 0.6) is 0 Å². The minimum absolute atomic E-state index is 0.283. The second-order valence-electron chi connectivity index (χ2n) is 8.76. The van der Waals surface area contributed by atoms with E-state index in [4.69, 9.17) is 4.74 Å². The first kappa shape index (κ1) is 22.9. The van der Waals surface area contributed by atoms with Gasteiger partial charge in [0.15, 0.2) is 0 Å². The van der Waals surface area contributed by atoms with Gasteiger partial charge in [-0.1, -0.05) is 60.3 Å². The number of carbonyl (C=O) groups excluding carboxylic acids is 2. The molecular weight excluding hydrogens is 439 g/mol. The van der Waals surface area contributed by atoms with Crippen molar-refractivity contribution in [2.24, 2.45) is 0 Å². The maximum absolute atomic E-state index is 14.5. The molecule has 1 N–H and O–H groups in total. The number of alkyl carbamates (subject to hydrolysis) is 1. The molecule has 1 aliphatic heterocycles. The van der Waals surface area contributed by atoms with Crippen molar-refractivity contribution < 1.29 is 18.7 Å². The van der Waals surface area contributed by atoms with E-state index in [1.807, 2.05) is 60.7 Å². The lowest BCUT2D eigenvalue weighted by molar-refractivity contribution is -0.121. The van der Waals surface area contributed by atoms with Crippen LogP contribution in [0.25, 0.3) is 0 Å². The van der Waals surface area contributed by atoms with Gasteiger partial charge in [0.05, 0.1) is 12.2 Å². The lowest BCUT2D eigenvalue weighted by Crippen LogP contribution is -2.51. The third-order valence-electron chi connectivity index (χ3n) is 5.05. The fourth-order valence-electron chi connectivity index (χ4n) is 3.72. The summed E-state index contributed by atoms with van der Waals surface area (Å²) in [7, 11) is 0. The van der Waals surface area contributed by atoms with E-state index in [1.165, 1.54) is 12.1 Å². The summed E-state index contributed by atoms with van der Waals surface area (Å²) in [6, 6.07) is 23.0. The smallest absolute Gasteiger partial charge is 0.409 e. The van der Waals surface area contributed by atoms with Crippen molar-refractivity contribution in [2.45, 2.75) is 42.7 Å². The van der Waals surface area contributed by atoms with Crippen molar-refractivity contribution in [2.75, 3.05) is 4.90 Å². The Morgan fingerprint density at radius 3 is 2.30 bits per heavy atom. The highest BCUT2D eigenvalue weighted by Crippen LogP contribution is 2.50. The van der Waals surface area contributed by atoms with Crippen molar-refractivity contribution >= 4 is 29.4 Å². The average Bonchev–Trinajstić information content (AvgIpc) is 2.96. The largest absolute Gasteiger partial charge is 0.444 e. The molecule has 33 heavy (non-hydrogen) atoms. The van der Waals surface area contributed by atoms with Gasteiger partial charge in [-0.2, -0.15) is 0 Å². The normalized spacial score (nSPS) is 17.6. The van der Waals surface area contributed by atoms with Crippen LogP contribution >= 0.6 is 11.8 Å². The fourth-order valence-corrected chi connectivity index (χ4v) is 4.97. The summed E-state index contributed by atoms with van der Waals surface area (Å²) in [5, 5.41) is 2.79. The molecule has 0 saturated carbocycles. The second-order valence-corrected chi connectivity index (χ2v) is 10.0. The van der Waals surface area contributed by atoms with E-state index in [1.54, 1.807) is 31.7 Å². The van der Waals surface area contributed by atoms with Gasteiger partial charge >= 0.3 is 6.09 Å². The summed E-state index contributed by atoms with van der Waals surface area (Å²) >= 11 is 1.16. The Bertz CT molecular complexity index is 1170. The van der Waals surface area contributed by atoms with Crippen molar-refractivity contribution in [3.8, 4) is 0 Å². The molecule has 3 aromatic rings. The third kappa shape index (κ3) is 4.88. The predicted octanol–water partition coefficient (Wildman–Crippen LogP) is 5.84. The van der Waals surface area contributed by atoms with Gasteiger partial charge in [0.2, 0.25) is 4.87 Å². The molecule has 0 radical (unpaired) electrons. The quantitative estimate of drug-likeness (QED) is 0.482. The third-order valence-corrected chi connectivity index (χ3v) is 6.36. The monoisotopic (exact) mass is 464 g/mol. The zero-order valence-corrected chi connectivity index (χ0v) is 19.5. The number of fused-ring (bicyclic) bond motifs is 1. The molecular formula is C26H25FN2O3S. The van der Waals surface area contributed by atoms with E-state index < -0.39 is 22.4 Å². The molecule has 1 heterocycles. The highest BCUT2D eigenvalue weighted by molar-refractivity contribution is 8.01. The van der Waals surface area contributed by atoms with Crippen LogP contribution in [0.3, 0.4) is 0 Å². The van der Waals surface area contributed by atoms with Gasteiger partial charge in [-0.05, 0) is 56.7 Å². The fraction of sp³-hybridized carbons (Fsp3) is 0.231. The van der Waals surface area contributed by atoms with Crippen molar-refractivity contribution in [1.29, 1.82) is 0 Å². The predicted molar refractivity (Wildman–Crippen MR) is 127 cm³/mol. The Hall–Kier alpha value is -3.32. The molecule has 1 aliphatic rings. The Kier molecular flexibility index (Phi) is 6.17. The summed E-state index contributed by atoms with van der Waals surface area (Å²) < 4.78 is 19.9. The maximum Gasteiger partial charge on any atom is 0.409 e. The van der Waals surface area contributed by atoms with Crippen LogP contribution in [0.4, 0.5) is 14.9 Å². The van der Waals surface area contributed by atoms with Gasteiger partial charge in [0.1, 0.15) is 11.4 Å². The molecule has 4 rings (SSSR count). The summed E-state index contributed by atoms with van der Waals surface area (Å²) in [5.74, 6) is -0.862. The molecule has 0 aromatic heterocycles. The standard InChI is InChI=1S/C26H25FN2O3S/c1-25(2,3)32-24(31)28-26(33-20-12-8-5-9-13-20)21-16-19(27)14-15-22(21)29(23(26)30)17-18-10-6-4-7-11-18/h4-16H,17H2,1-3H3,(H,28,31)/t26-/m1/s1. The van der Waals surface area contributed by atoms with E-state index in [0.29, 0.717) is 11.3 Å². The Morgan fingerprint density at radius 1 is 1.03 bits per heavy atom. The number of nitrogens with one attached hydrogen (secondary N) is 1. The van der Waals surface area contributed by atoms with Crippen molar-refractivity contribution in [3.05, 3.63) is 95.8 Å². The lowest BCUT2D eigenvalue weighted by atomic mass is 10.1. The van der Waals surface area contributed by atoms with Gasteiger partial charge in [-0.3, -0.25) is 10.1 Å². The highest BCUT2D eigenvalue weighted by atomic mass is 32.2. The number of hydrogen-bond donors (Lipinski definition) is 1. The first-order valence-corrected chi connectivity index (χ1v) is 11.4. The van der Waals surface area contributed by atoms with Gasteiger partial charge in [-0.15, -0.1) is 0 Å². The summed E-state index contributed by atoms with van der Waals surface area (Å²) in [5.41, 5.74) is 1.07. The molecule has 0 fully saturated rings. The van der Waals surface area contributed by atoms with E-state index in [9.17, 15) is 14.0 Å². The molecule has 0 aliphatic carbocycles. The Balaban J connectivity index is 1.82. The number of amides is 2. The van der Waals surface area contributed by atoms with Gasteiger partial charge in [0.25, 0.3) is 5.91 Å². The molecule has 1 atom stereocenters. The Morgan fingerprint density at radius 2 is 1.67 bits per heavy atom. The minimum Gasteiger partial charge on any atom is -0.444 e.